The van der Waals surface area contributed by atoms with Gasteiger partial charge in [0.1, 0.15) is 0 Å². The Morgan fingerprint density at radius 2 is 0.825 bits per heavy atom. The molecule has 0 aromatic heterocycles. The van der Waals surface area contributed by atoms with Crippen molar-refractivity contribution in [2.75, 3.05) is 26.4 Å². The van der Waals surface area contributed by atoms with Gasteiger partial charge in [0, 0.05) is 4.90 Å². The van der Waals surface area contributed by atoms with Crippen molar-refractivity contribution in [2.24, 2.45) is 23.7 Å². The number of carbonyl (C=O) groups excluding carboxylic acids is 4. The number of benzene rings is 2. The largest absolute Gasteiger partial charge is 0.462 e. The summed E-state index contributed by atoms with van der Waals surface area (Å²) in [6.45, 7) is 17.9. The molecule has 9 heteroatoms. The zero-order valence-electron chi connectivity index (χ0n) is 36.6. The molecular formula is C48H74O8S. The van der Waals surface area contributed by atoms with E-state index in [1.807, 2.05) is 0 Å². The normalized spacial score (nSPS) is 13.4. The van der Waals surface area contributed by atoms with Gasteiger partial charge in [0.05, 0.1) is 48.7 Å². The molecule has 0 amide bonds. The highest BCUT2D eigenvalue weighted by Gasteiger charge is 2.28. The highest BCUT2D eigenvalue weighted by atomic mass is 32.1. The monoisotopic (exact) mass is 811 g/mol. The number of hydrogen-bond donors (Lipinski definition) is 1. The maximum absolute atomic E-state index is 14.1. The van der Waals surface area contributed by atoms with E-state index < -0.39 is 23.9 Å². The summed E-state index contributed by atoms with van der Waals surface area (Å²) in [5.74, 6) is -1.58. The van der Waals surface area contributed by atoms with Crippen LogP contribution >= 0.6 is 12.6 Å². The third-order valence-corrected chi connectivity index (χ3v) is 11.8. The molecule has 0 fully saturated rings. The van der Waals surface area contributed by atoms with Crippen molar-refractivity contribution in [3.8, 4) is 11.1 Å². The predicted octanol–water partition coefficient (Wildman–Crippen LogP) is 13.1. The van der Waals surface area contributed by atoms with Gasteiger partial charge in [-0.1, -0.05) is 145 Å². The van der Waals surface area contributed by atoms with Crippen LogP contribution in [-0.2, 0) is 18.9 Å². The van der Waals surface area contributed by atoms with Crippen LogP contribution in [0.5, 0.6) is 0 Å². The molecule has 0 radical (unpaired) electrons. The minimum absolute atomic E-state index is 0.0521. The molecule has 0 bridgehead atoms. The van der Waals surface area contributed by atoms with Crippen LogP contribution in [0.2, 0.25) is 0 Å². The zero-order chi connectivity index (χ0) is 42.2. The van der Waals surface area contributed by atoms with E-state index in [1.165, 1.54) is 0 Å². The lowest BCUT2D eigenvalue weighted by molar-refractivity contribution is 0.0381. The van der Waals surface area contributed by atoms with Gasteiger partial charge in [-0.2, -0.15) is 0 Å². The van der Waals surface area contributed by atoms with Gasteiger partial charge >= 0.3 is 23.9 Å². The summed E-state index contributed by atoms with van der Waals surface area (Å²) < 4.78 is 23.4. The van der Waals surface area contributed by atoms with Crippen molar-refractivity contribution < 1.29 is 38.1 Å². The molecule has 0 saturated carbocycles. The molecule has 57 heavy (non-hydrogen) atoms. The summed E-state index contributed by atoms with van der Waals surface area (Å²) in [5, 5.41) is 0. The summed E-state index contributed by atoms with van der Waals surface area (Å²) in [6, 6.07) is 8.08. The quantitative estimate of drug-likeness (QED) is 0.0492. The van der Waals surface area contributed by atoms with E-state index in [1.54, 1.807) is 30.3 Å². The first-order valence-electron chi connectivity index (χ1n) is 22.2. The molecule has 0 spiro atoms. The summed E-state index contributed by atoms with van der Waals surface area (Å²) in [6.07, 6.45) is 15.6. The van der Waals surface area contributed by atoms with E-state index >= 15 is 0 Å². The molecule has 2 aromatic carbocycles. The van der Waals surface area contributed by atoms with E-state index in [0.717, 1.165) is 103 Å². The first kappa shape index (κ1) is 49.8. The summed E-state index contributed by atoms with van der Waals surface area (Å²) in [5.41, 5.74) is 1.28. The summed E-state index contributed by atoms with van der Waals surface area (Å²) >= 11 is 4.78. The molecular weight excluding hydrogens is 737 g/mol. The molecule has 4 atom stereocenters. The average Bonchev–Trinajstić information content (AvgIpc) is 3.23. The van der Waals surface area contributed by atoms with E-state index in [9.17, 15) is 19.2 Å². The number of thiol groups is 1. The molecule has 0 aliphatic heterocycles. The molecule has 0 aliphatic rings. The van der Waals surface area contributed by atoms with E-state index in [0.29, 0.717) is 11.1 Å². The Labute approximate surface area is 350 Å². The molecule has 8 nitrogen and oxygen atoms in total. The van der Waals surface area contributed by atoms with E-state index in [-0.39, 0.29) is 77.2 Å². The fourth-order valence-electron chi connectivity index (χ4n) is 6.93. The molecule has 0 heterocycles. The molecule has 0 saturated heterocycles. The number of rotatable bonds is 29. The highest BCUT2D eigenvalue weighted by molar-refractivity contribution is 7.80. The number of hydrogen-bond acceptors (Lipinski definition) is 9. The number of unbranched alkanes of at least 4 members (excludes halogenated alkanes) is 4. The lowest BCUT2D eigenvalue weighted by Gasteiger charge is -2.20. The third kappa shape index (κ3) is 16.4. The second-order valence-electron chi connectivity index (χ2n) is 15.7. The third-order valence-electron chi connectivity index (χ3n) is 11.3. The smallest absolute Gasteiger partial charge is 0.339 e. The van der Waals surface area contributed by atoms with Crippen LogP contribution in [-0.4, -0.2) is 50.3 Å². The Morgan fingerprint density at radius 1 is 0.474 bits per heavy atom. The number of esters is 4. The van der Waals surface area contributed by atoms with Crippen molar-refractivity contribution in [2.45, 2.75) is 163 Å². The van der Waals surface area contributed by atoms with Crippen LogP contribution in [0.15, 0.2) is 35.2 Å². The fourth-order valence-corrected chi connectivity index (χ4v) is 7.31. The van der Waals surface area contributed by atoms with Crippen molar-refractivity contribution >= 4 is 36.5 Å². The molecule has 0 aliphatic carbocycles. The van der Waals surface area contributed by atoms with Gasteiger partial charge in [-0.25, -0.2) is 19.2 Å². The molecule has 2 rings (SSSR count). The van der Waals surface area contributed by atoms with Gasteiger partial charge < -0.3 is 18.9 Å². The van der Waals surface area contributed by atoms with Gasteiger partial charge in [-0.3, -0.25) is 0 Å². The molecule has 2 aromatic rings. The summed E-state index contributed by atoms with van der Waals surface area (Å²) in [7, 11) is 0. The Bertz CT molecular complexity index is 1520. The SMILES string of the molecule is CCCCC(CC)COC(=O)c1ccc(-c2ccc(C(=O)OCC(CC)CCCC)c(S)c2C(=O)OCC(CC)CCCC)cc1C(=O)OCC(CC)CCCC. The molecule has 320 valence electrons. The first-order valence-corrected chi connectivity index (χ1v) is 22.7. The van der Waals surface area contributed by atoms with Gasteiger partial charge in [0.15, 0.2) is 0 Å². The van der Waals surface area contributed by atoms with Crippen molar-refractivity contribution in [3.63, 3.8) is 0 Å². The maximum Gasteiger partial charge on any atom is 0.339 e. The second-order valence-corrected chi connectivity index (χ2v) is 16.2. The van der Waals surface area contributed by atoms with Crippen molar-refractivity contribution in [3.05, 3.63) is 52.6 Å². The van der Waals surface area contributed by atoms with Crippen molar-refractivity contribution in [1.29, 1.82) is 0 Å². The number of ether oxygens (including phenoxy) is 4. The molecule has 0 N–H and O–H groups in total. The topological polar surface area (TPSA) is 105 Å². The Balaban J connectivity index is 2.67. The fraction of sp³-hybridized carbons (Fsp3) is 0.667. The lowest BCUT2D eigenvalue weighted by atomic mass is 9.93. The van der Waals surface area contributed by atoms with Crippen LogP contribution in [0.25, 0.3) is 11.1 Å². The van der Waals surface area contributed by atoms with Crippen LogP contribution in [0.3, 0.4) is 0 Å². The maximum atomic E-state index is 14.1. The minimum Gasteiger partial charge on any atom is -0.462 e. The van der Waals surface area contributed by atoms with Crippen LogP contribution < -0.4 is 0 Å². The number of carbonyl (C=O) groups is 4. The van der Waals surface area contributed by atoms with Crippen LogP contribution in [0, 0.1) is 23.7 Å². The van der Waals surface area contributed by atoms with Gasteiger partial charge in [-0.15, -0.1) is 12.6 Å². The second kappa shape index (κ2) is 28.2. The Hall–Kier alpha value is -3.33. The van der Waals surface area contributed by atoms with Gasteiger partial charge in [0.2, 0.25) is 0 Å². The Kier molecular flexibility index (Phi) is 24.6. The summed E-state index contributed by atoms with van der Waals surface area (Å²) in [4.78, 5) is 55.4. The van der Waals surface area contributed by atoms with Crippen LogP contribution in [0.1, 0.15) is 200 Å². The average molecular weight is 811 g/mol. The van der Waals surface area contributed by atoms with Crippen LogP contribution in [0.4, 0.5) is 0 Å². The molecule has 4 unspecified atom stereocenters. The van der Waals surface area contributed by atoms with Gasteiger partial charge in [-0.05, 0) is 78.7 Å². The minimum atomic E-state index is -0.637. The Morgan fingerprint density at radius 3 is 1.21 bits per heavy atom. The predicted molar refractivity (Wildman–Crippen MR) is 233 cm³/mol. The zero-order valence-corrected chi connectivity index (χ0v) is 37.4. The standard InChI is InChI=1S/C48H74O8S/c1-9-17-21-34(13-5)30-53-45(49)40-26-25-38(29-42(40)47(51)55-32-36(15-7)23-19-11-3)39-27-28-41(46(50)54-31-35(14-6)22-18-10-2)44(57)43(39)48(52)56-33-37(16-8)24-20-12-4/h25-29,34-37,57H,9-24,30-33H2,1-8H3. The lowest BCUT2D eigenvalue weighted by Crippen LogP contribution is -2.20. The van der Waals surface area contributed by atoms with Crippen molar-refractivity contribution in [1.82, 2.24) is 0 Å². The van der Waals surface area contributed by atoms with E-state index in [2.05, 4.69) is 55.4 Å². The van der Waals surface area contributed by atoms with E-state index in [4.69, 9.17) is 31.6 Å². The first-order chi connectivity index (χ1) is 27.5. The highest BCUT2D eigenvalue weighted by Crippen LogP contribution is 2.34. The van der Waals surface area contributed by atoms with Gasteiger partial charge in [0.25, 0.3) is 0 Å².